The zero-order valence-electron chi connectivity index (χ0n) is 9.82. The minimum atomic E-state index is -0.0862. The summed E-state index contributed by atoms with van der Waals surface area (Å²) in [5.74, 6) is -0.00722. The predicted octanol–water partition coefficient (Wildman–Crippen LogP) is 3.19. The number of halogens is 1. The van der Waals surface area contributed by atoms with Crippen molar-refractivity contribution in [2.45, 2.75) is 12.8 Å². The van der Waals surface area contributed by atoms with E-state index in [1.807, 2.05) is 6.08 Å². The SMILES string of the molecule is C=CCCCN(C)C(=O)c1ccc(Br)c(O)c1. The van der Waals surface area contributed by atoms with E-state index in [0.717, 1.165) is 12.8 Å². The number of hydrogen-bond acceptors (Lipinski definition) is 2. The number of allylic oxidation sites excluding steroid dienone is 1. The topological polar surface area (TPSA) is 40.5 Å². The molecule has 0 radical (unpaired) electrons. The van der Waals surface area contributed by atoms with E-state index in [-0.39, 0.29) is 11.7 Å². The van der Waals surface area contributed by atoms with Crippen LogP contribution in [-0.4, -0.2) is 29.5 Å². The van der Waals surface area contributed by atoms with Crippen LogP contribution in [0.4, 0.5) is 0 Å². The van der Waals surface area contributed by atoms with E-state index in [1.165, 1.54) is 6.07 Å². The summed E-state index contributed by atoms with van der Waals surface area (Å²) in [6, 6.07) is 4.83. The Morgan fingerprint density at radius 2 is 2.29 bits per heavy atom. The molecular weight excluding hydrogens is 282 g/mol. The van der Waals surface area contributed by atoms with E-state index in [2.05, 4.69) is 22.5 Å². The molecule has 92 valence electrons. The molecule has 0 heterocycles. The molecule has 17 heavy (non-hydrogen) atoms. The number of phenolic OH excluding ortho intramolecular Hbond substituents is 1. The summed E-state index contributed by atoms with van der Waals surface area (Å²) in [4.78, 5) is 13.6. The van der Waals surface area contributed by atoms with E-state index in [1.54, 1.807) is 24.1 Å². The van der Waals surface area contributed by atoms with Gasteiger partial charge in [-0.2, -0.15) is 0 Å². The first-order valence-electron chi connectivity index (χ1n) is 5.41. The Balaban J connectivity index is 2.68. The summed E-state index contributed by atoms with van der Waals surface area (Å²) in [6.45, 7) is 4.32. The van der Waals surface area contributed by atoms with Crippen LogP contribution in [0.15, 0.2) is 35.3 Å². The van der Waals surface area contributed by atoms with Gasteiger partial charge in [0.2, 0.25) is 0 Å². The van der Waals surface area contributed by atoms with Crippen LogP contribution in [0, 0.1) is 0 Å². The molecule has 0 fully saturated rings. The molecule has 0 bridgehead atoms. The molecule has 0 unspecified atom stereocenters. The van der Waals surface area contributed by atoms with E-state index in [4.69, 9.17) is 0 Å². The van der Waals surface area contributed by atoms with Crippen LogP contribution in [0.5, 0.6) is 5.75 Å². The number of rotatable bonds is 5. The van der Waals surface area contributed by atoms with Crippen LogP contribution in [0.25, 0.3) is 0 Å². The number of carbonyl (C=O) groups is 1. The van der Waals surface area contributed by atoms with Crippen molar-refractivity contribution in [2.75, 3.05) is 13.6 Å². The third-order valence-electron chi connectivity index (χ3n) is 2.44. The number of nitrogens with zero attached hydrogens (tertiary/aromatic N) is 1. The van der Waals surface area contributed by atoms with Crippen molar-refractivity contribution in [2.24, 2.45) is 0 Å². The van der Waals surface area contributed by atoms with E-state index >= 15 is 0 Å². The normalized spacial score (nSPS) is 10.0. The minimum Gasteiger partial charge on any atom is -0.507 e. The Hall–Kier alpha value is -1.29. The van der Waals surface area contributed by atoms with Gasteiger partial charge in [-0.15, -0.1) is 6.58 Å². The van der Waals surface area contributed by atoms with Crippen molar-refractivity contribution in [1.29, 1.82) is 0 Å². The molecule has 0 aliphatic rings. The fourth-order valence-electron chi connectivity index (χ4n) is 1.44. The van der Waals surface area contributed by atoms with Gasteiger partial charge in [0.05, 0.1) is 4.47 Å². The number of unbranched alkanes of at least 4 members (excludes halogenated alkanes) is 1. The van der Waals surface area contributed by atoms with Gasteiger partial charge in [-0.1, -0.05) is 6.08 Å². The highest BCUT2D eigenvalue weighted by molar-refractivity contribution is 9.10. The van der Waals surface area contributed by atoms with Gasteiger partial charge < -0.3 is 10.0 Å². The third kappa shape index (κ3) is 3.89. The second kappa shape index (κ2) is 6.45. The van der Waals surface area contributed by atoms with Crippen LogP contribution in [-0.2, 0) is 0 Å². The maximum atomic E-state index is 12.0. The summed E-state index contributed by atoms with van der Waals surface area (Å²) in [6.07, 6.45) is 3.63. The Morgan fingerprint density at radius 1 is 1.59 bits per heavy atom. The summed E-state index contributed by atoms with van der Waals surface area (Å²) >= 11 is 3.18. The number of aromatic hydroxyl groups is 1. The summed E-state index contributed by atoms with van der Waals surface area (Å²) < 4.78 is 0.586. The Bertz CT molecular complexity index is 418. The highest BCUT2D eigenvalue weighted by Gasteiger charge is 2.12. The molecule has 4 heteroatoms. The van der Waals surface area contributed by atoms with Crippen LogP contribution >= 0.6 is 15.9 Å². The smallest absolute Gasteiger partial charge is 0.253 e. The van der Waals surface area contributed by atoms with Gasteiger partial charge in [0.25, 0.3) is 5.91 Å². The Labute approximate surface area is 110 Å². The van der Waals surface area contributed by atoms with Gasteiger partial charge in [-0.25, -0.2) is 0 Å². The largest absolute Gasteiger partial charge is 0.507 e. The van der Waals surface area contributed by atoms with E-state index in [9.17, 15) is 9.90 Å². The number of amides is 1. The zero-order chi connectivity index (χ0) is 12.8. The molecular formula is C13H16BrNO2. The lowest BCUT2D eigenvalue weighted by atomic mass is 10.2. The lowest BCUT2D eigenvalue weighted by Gasteiger charge is -2.16. The molecule has 1 aromatic rings. The highest BCUT2D eigenvalue weighted by Crippen LogP contribution is 2.24. The molecule has 0 atom stereocenters. The first kappa shape index (κ1) is 13.8. The molecule has 0 saturated heterocycles. The van der Waals surface area contributed by atoms with Crippen molar-refractivity contribution in [3.8, 4) is 5.75 Å². The maximum Gasteiger partial charge on any atom is 0.253 e. The van der Waals surface area contributed by atoms with Crippen molar-refractivity contribution < 1.29 is 9.90 Å². The van der Waals surface area contributed by atoms with Gasteiger partial charge in [0.1, 0.15) is 5.75 Å². The van der Waals surface area contributed by atoms with Crippen LogP contribution < -0.4 is 0 Å². The summed E-state index contributed by atoms with van der Waals surface area (Å²) in [5, 5.41) is 9.51. The first-order valence-corrected chi connectivity index (χ1v) is 6.20. The quantitative estimate of drug-likeness (QED) is 0.670. The molecule has 0 aliphatic carbocycles. The Morgan fingerprint density at radius 3 is 2.88 bits per heavy atom. The average molecular weight is 298 g/mol. The second-order valence-electron chi connectivity index (χ2n) is 3.82. The fourth-order valence-corrected chi connectivity index (χ4v) is 1.69. The highest BCUT2D eigenvalue weighted by atomic mass is 79.9. The third-order valence-corrected chi connectivity index (χ3v) is 3.11. The standard InChI is InChI=1S/C13H16BrNO2/c1-3-4-5-8-15(2)13(17)10-6-7-11(14)12(16)9-10/h3,6-7,9,16H,1,4-5,8H2,2H3. The summed E-state index contributed by atoms with van der Waals surface area (Å²) in [5.41, 5.74) is 0.492. The van der Waals surface area contributed by atoms with Crippen molar-refractivity contribution >= 4 is 21.8 Å². The van der Waals surface area contributed by atoms with Gasteiger partial charge in [0, 0.05) is 19.2 Å². The summed E-state index contributed by atoms with van der Waals surface area (Å²) in [7, 11) is 1.75. The van der Waals surface area contributed by atoms with E-state index in [0.29, 0.717) is 16.6 Å². The maximum absolute atomic E-state index is 12.0. The lowest BCUT2D eigenvalue weighted by Crippen LogP contribution is -2.27. The van der Waals surface area contributed by atoms with Crippen molar-refractivity contribution in [3.63, 3.8) is 0 Å². The van der Waals surface area contributed by atoms with Gasteiger partial charge in [-0.05, 0) is 47.0 Å². The van der Waals surface area contributed by atoms with Gasteiger partial charge in [-0.3, -0.25) is 4.79 Å². The molecule has 0 spiro atoms. The van der Waals surface area contributed by atoms with E-state index < -0.39 is 0 Å². The first-order chi connectivity index (χ1) is 8.06. The van der Waals surface area contributed by atoms with Crippen LogP contribution in [0.2, 0.25) is 0 Å². The van der Waals surface area contributed by atoms with Gasteiger partial charge >= 0.3 is 0 Å². The van der Waals surface area contributed by atoms with Crippen LogP contribution in [0.3, 0.4) is 0 Å². The molecule has 1 amide bonds. The molecule has 1 aromatic carbocycles. The molecule has 1 rings (SSSR count). The molecule has 0 aliphatic heterocycles. The number of carbonyl (C=O) groups excluding carboxylic acids is 1. The molecule has 0 saturated carbocycles. The van der Waals surface area contributed by atoms with Crippen molar-refractivity contribution in [3.05, 3.63) is 40.9 Å². The van der Waals surface area contributed by atoms with Crippen LogP contribution in [0.1, 0.15) is 23.2 Å². The fraction of sp³-hybridized carbons (Fsp3) is 0.308. The number of hydrogen-bond donors (Lipinski definition) is 1. The minimum absolute atomic E-state index is 0.0790. The number of benzene rings is 1. The van der Waals surface area contributed by atoms with Crippen molar-refractivity contribution in [1.82, 2.24) is 4.90 Å². The zero-order valence-corrected chi connectivity index (χ0v) is 11.4. The average Bonchev–Trinajstić information content (AvgIpc) is 2.32. The van der Waals surface area contributed by atoms with Gasteiger partial charge in [0.15, 0.2) is 0 Å². The molecule has 3 nitrogen and oxygen atoms in total. The predicted molar refractivity (Wildman–Crippen MR) is 72.2 cm³/mol. The monoisotopic (exact) mass is 297 g/mol. The number of phenols is 1. The second-order valence-corrected chi connectivity index (χ2v) is 4.68. The molecule has 0 aromatic heterocycles. The Kier molecular flexibility index (Phi) is 5.22. The lowest BCUT2D eigenvalue weighted by molar-refractivity contribution is 0.0793. The molecule has 1 N–H and O–H groups in total.